The zero-order valence-corrected chi connectivity index (χ0v) is 16.0. The van der Waals surface area contributed by atoms with Gasteiger partial charge in [0.2, 0.25) is 6.04 Å². The van der Waals surface area contributed by atoms with Crippen LogP contribution in [0.1, 0.15) is 30.4 Å². The molecule has 2 aromatic carbocycles. The first kappa shape index (κ1) is 20.4. The predicted molar refractivity (Wildman–Crippen MR) is 106 cm³/mol. The molecule has 0 unspecified atom stereocenters. The van der Waals surface area contributed by atoms with Crippen LogP contribution in [0.4, 0.5) is 4.39 Å². The molecule has 28 heavy (non-hydrogen) atoms. The van der Waals surface area contributed by atoms with Crippen LogP contribution < -0.4 is 0 Å². The molecule has 1 aliphatic heterocycles. The number of nitro groups is 1. The summed E-state index contributed by atoms with van der Waals surface area (Å²) in [6.45, 7) is 2.78. The van der Waals surface area contributed by atoms with E-state index in [2.05, 4.69) is 4.90 Å². The van der Waals surface area contributed by atoms with Crippen molar-refractivity contribution in [3.63, 3.8) is 0 Å². The van der Waals surface area contributed by atoms with Crippen LogP contribution in [0.5, 0.6) is 0 Å². The average molecular weight is 386 g/mol. The third-order valence-corrected chi connectivity index (χ3v) is 5.38. The van der Waals surface area contributed by atoms with Crippen LogP contribution in [0.2, 0.25) is 0 Å². The van der Waals surface area contributed by atoms with E-state index in [4.69, 9.17) is 4.74 Å². The number of hydrogen-bond donors (Lipinski definition) is 0. The lowest BCUT2D eigenvalue weighted by atomic mass is 10.0. The highest BCUT2D eigenvalue weighted by atomic mass is 19.1. The normalized spacial score (nSPS) is 18.2. The van der Waals surface area contributed by atoms with Crippen molar-refractivity contribution in [1.82, 2.24) is 4.90 Å². The molecule has 1 saturated heterocycles. The van der Waals surface area contributed by atoms with Crippen molar-refractivity contribution in [3.8, 4) is 0 Å². The second-order valence-corrected chi connectivity index (χ2v) is 7.36. The molecule has 1 aliphatic rings. The van der Waals surface area contributed by atoms with E-state index < -0.39 is 6.04 Å². The zero-order valence-electron chi connectivity index (χ0n) is 16.0. The summed E-state index contributed by atoms with van der Waals surface area (Å²) < 4.78 is 19.7. The van der Waals surface area contributed by atoms with Crippen LogP contribution in [0.15, 0.2) is 54.6 Å². The number of likely N-dealkylation sites (tertiary alicyclic amines) is 1. The number of halogens is 1. The number of hydrogen-bond acceptors (Lipinski definition) is 4. The van der Waals surface area contributed by atoms with Gasteiger partial charge in [0.1, 0.15) is 5.82 Å². The second kappa shape index (κ2) is 10.3. The zero-order chi connectivity index (χ0) is 19.8. The molecule has 0 aliphatic carbocycles. The fraction of sp³-hybridized carbons (Fsp3) is 0.455. The maximum atomic E-state index is 13.8. The van der Waals surface area contributed by atoms with Gasteiger partial charge in [-0.3, -0.25) is 15.0 Å². The number of ether oxygens (including phenoxy) is 1. The highest BCUT2D eigenvalue weighted by molar-refractivity contribution is 5.18. The molecule has 0 spiro atoms. The predicted octanol–water partition coefficient (Wildman–Crippen LogP) is 4.08. The lowest BCUT2D eigenvalue weighted by molar-refractivity contribution is -0.523. The molecule has 5 nitrogen and oxygen atoms in total. The number of benzene rings is 2. The van der Waals surface area contributed by atoms with Crippen LogP contribution in [0.25, 0.3) is 0 Å². The first-order valence-corrected chi connectivity index (χ1v) is 9.86. The van der Waals surface area contributed by atoms with Gasteiger partial charge in [-0.25, -0.2) is 4.39 Å². The van der Waals surface area contributed by atoms with Crippen molar-refractivity contribution in [2.45, 2.75) is 44.4 Å². The van der Waals surface area contributed by atoms with Crippen molar-refractivity contribution < 1.29 is 14.1 Å². The van der Waals surface area contributed by atoms with Gasteiger partial charge in [-0.05, 0) is 36.6 Å². The summed E-state index contributed by atoms with van der Waals surface area (Å²) in [5, 5.41) is 11.5. The third-order valence-electron chi connectivity index (χ3n) is 5.38. The molecule has 0 bridgehead atoms. The molecule has 1 heterocycles. The molecule has 0 N–H and O–H groups in total. The summed E-state index contributed by atoms with van der Waals surface area (Å²) in [7, 11) is 0. The fourth-order valence-corrected chi connectivity index (χ4v) is 3.78. The lowest BCUT2D eigenvalue weighted by Crippen LogP contribution is -2.37. The minimum Gasteiger partial charge on any atom is -0.375 e. The van der Waals surface area contributed by atoms with Crippen molar-refractivity contribution in [2.75, 3.05) is 19.7 Å². The van der Waals surface area contributed by atoms with E-state index in [0.29, 0.717) is 37.8 Å². The van der Waals surface area contributed by atoms with E-state index in [9.17, 15) is 14.5 Å². The molecule has 6 heteroatoms. The molecule has 2 aromatic rings. The summed E-state index contributed by atoms with van der Waals surface area (Å²) in [4.78, 5) is 13.5. The molecular weight excluding hydrogens is 359 g/mol. The lowest BCUT2D eigenvalue weighted by Gasteiger charge is -2.25. The van der Waals surface area contributed by atoms with E-state index in [1.54, 1.807) is 18.2 Å². The van der Waals surface area contributed by atoms with Gasteiger partial charge in [-0.2, -0.15) is 0 Å². The Morgan fingerprint density at radius 1 is 1.18 bits per heavy atom. The van der Waals surface area contributed by atoms with E-state index in [1.165, 1.54) is 6.07 Å². The Labute approximate surface area is 165 Å². The van der Waals surface area contributed by atoms with Gasteiger partial charge in [0.25, 0.3) is 0 Å². The van der Waals surface area contributed by atoms with Crippen LogP contribution in [0.3, 0.4) is 0 Å². The number of nitrogens with zero attached hydrogens (tertiary/aromatic N) is 2. The van der Waals surface area contributed by atoms with Crippen molar-refractivity contribution in [1.29, 1.82) is 0 Å². The Bertz CT molecular complexity index is 756. The molecule has 0 aromatic heterocycles. The molecule has 1 fully saturated rings. The maximum Gasteiger partial charge on any atom is 0.218 e. The van der Waals surface area contributed by atoms with E-state index in [-0.39, 0.29) is 17.2 Å². The quantitative estimate of drug-likeness (QED) is 0.456. The van der Waals surface area contributed by atoms with Gasteiger partial charge in [0.05, 0.1) is 13.2 Å². The minimum absolute atomic E-state index is 0.128. The molecule has 0 amide bonds. The van der Waals surface area contributed by atoms with E-state index in [1.807, 2.05) is 30.3 Å². The van der Waals surface area contributed by atoms with Gasteiger partial charge in [0, 0.05) is 30.4 Å². The van der Waals surface area contributed by atoms with Gasteiger partial charge in [-0.1, -0.05) is 48.5 Å². The second-order valence-electron chi connectivity index (χ2n) is 7.36. The first-order valence-electron chi connectivity index (χ1n) is 9.86. The number of rotatable bonds is 10. The smallest absolute Gasteiger partial charge is 0.218 e. The van der Waals surface area contributed by atoms with Gasteiger partial charge in [-0.15, -0.1) is 0 Å². The van der Waals surface area contributed by atoms with Crippen LogP contribution >= 0.6 is 0 Å². The molecule has 2 atom stereocenters. The van der Waals surface area contributed by atoms with Crippen LogP contribution in [-0.2, 0) is 17.8 Å². The Morgan fingerprint density at radius 2 is 1.93 bits per heavy atom. The molecule has 0 radical (unpaired) electrons. The Morgan fingerprint density at radius 3 is 2.68 bits per heavy atom. The minimum atomic E-state index is -0.775. The van der Waals surface area contributed by atoms with Gasteiger partial charge in [0.15, 0.2) is 0 Å². The summed E-state index contributed by atoms with van der Waals surface area (Å²) in [6, 6.07) is 15.9. The first-order chi connectivity index (χ1) is 13.6. The molecular formula is C22H27FN2O3. The summed E-state index contributed by atoms with van der Waals surface area (Å²) >= 11 is 0. The van der Waals surface area contributed by atoms with Crippen molar-refractivity contribution >= 4 is 0 Å². The fourth-order valence-electron chi connectivity index (χ4n) is 3.78. The highest BCUT2D eigenvalue weighted by Crippen LogP contribution is 2.20. The van der Waals surface area contributed by atoms with E-state index >= 15 is 0 Å². The average Bonchev–Trinajstić information content (AvgIpc) is 3.14. The van der Waals surface area contributed by atoms with Gasteiger partial charge >= 0.3 is 0 Å². The van der Waals surface area contributed by atoms with Crippen molar-refractivity contribution in [2.24, 2.45) is 0 Å². The maximum absolute atomic E-state index is 13.8. The van der Waals surface area contributed by atoms with Crippen molar-refractivity contribution in [3.05, 3.63) is 81.7 Å². The Balaban J connectivity index is 1.48. The van der Waals surface area contributed by atoms with Crippen LogP contribution in [0, 0.1) is 15.9 Å². The molecule has 3 rings (SSSR count). The van der Waals surface area contributed by atoms with E-state index in [0.717, 1.165) is 24.9 Å². The monoisotopic (exact) mass is 386 g/mol. The molecule has 0 saturated carbocycles. The Hall–Kier alpha value is -2.31. The third kappa shape index (κ3) is 5.84. The summed E-state index contributed by atoms with van der Waals surface area (Å²) in [6.07, 6.45) is 2.67. The summed E-state index contributed by atoms with van der Waals surface area (Å²) in [5.41, 5.74) is 1.55. The molecule has 150 valence electrons. The largest absolute Gasteiger partial charge is 0.375 e. The van der Waals surface area contributed by atoms with Gasteiger partial charge < -0.3 is 4.74 Å². The SMILES string of the molecule is O=[N+]([O-])[C@@H](CCN1CCC[C@H]1COCc1ccccc1)Cc1ccccc1F. The highest BCUT2D eigenvalue weighted by Gasteiger charge is 2.28. The summed E-state index contributed by atoms with van der Waals surface area (Å²) in [5.74, 6) is -0.372. The Kier molecular flexibility index (Phi) is 7.51. The topological polar surface area (TPSA) is 55.6 Å². The van der Waals surface area contributed by atoms with Crippen LogP contribution in [-0.4, -0.2) is 41.6 Å². The standard InChI is InChI=1S/C22H27FN2O3/c23-22-11-5-4-9-19(22)15-20(25(26)27)12-14-24-13-6-10-21(24)17-28-16-18-7-2-1-3-8-18/h1-5,7-9,11,20-21H,6,10,12-17H2/t20-,21-/m0/s1.